The van der Waals surface area contributed by atoms with Crippen LogP contribution in [0.3, 0.4) is 0 Å². The number of nitrogens with zero attached hydrogens (tertiary/aromatic N) is 4. The van der Waals surface area contributed by atoms with E-state index < -0.39 is 68.3 Å². The molecule has 0 aliphatic heterocycles. The van der Waals surface area contributed by atoms with Crippen molar-refractivity contribution in [2.24, 2.45) is 0 Å². The van der Waals surface area contributed by atoms with Gasteiger partial charge in [-0.2, -0.15) is 0 Å². The SMILES string of the molecule is O=C(NCCN(CCNC(=O)c1c([O-])c(=O)ccn1CCOCCO)CCNC(=O)c1c([O-])c(=O)ccn1CCOCCO)c1c([O-])c(=O)ccn1CCOCCO.[Gd]. The molecule has 0 aliphatic carbocycles. The summed E-state index contributed by atoms with van der Waals surface area (Å²) in [5.41, 5.74) is -4.05. The molecule has 0 aromatic carbocycles. The molecule has 59 heavy (non-hydrogen) atoms. The van der Waals surface area contributed by atoms with Crippen LogP contribution in [0.15, 0.2) is 51.2 Å². The van der Waals surface area contributed by atoms with Gasteiger partial charge in [0.1, 0.15) is 17.1 Å². The number of carbonyl (C=O) groups excluding carboxylic acids is 3. The fraction of sp³-hybridized carbons (Fsp3) is 0.500. The quantitative estimate of drug-likeness (QED) is 0.0388. The third-order valence-corrected chi connectivity index (χ3v) is 8.32. The molecule has 0 saturated carbocycles. The molecule has 22 nitrogen and oxygen atoms in total. The van der Waals surface area contributed by atoms with E-state index in [4.69, 9.17) is 29.5 Å². The number of nitrogens with one attached hydrogen (secondary N) is 3. The fourth-order valence-corrected chi connectivity index (χ4v) is 5.48. The first-order valence-electron chi connectivity index (χ1n) is 18.3. The maximum atomic E-state index is 13.2. The number of pyridine rings is 3. The molecular formula is C36H48GdN7O15-3. The van der Waals surface area contributed by atoms with Gasteiger partial charge in [-0.1, -0.05) is 0 Å². The molecular weight excluding hydrogens is 928 g/mol. The Bertz CT molecular complexity index is 1770. The van der Waals surface area contributed by atoms with Gasteiger partial charge in [0.05, 0.1) is 59.5 Å². The molecule has 6 N–H and O–H groups in total. The van der Waals surface area contributed by atoms with Crippen LogP contribution in [-0.4, -0.2) is 150 Å². The predicted molar refractivity (Wildman–Crippen MR) is 198 cm³/mol. The average Bonchev–Trinajstić information content (AvgIpc) is 3.20. The van der Waals surface area contributed by atoms with Crippen LogP contribution in [0.4, 0.5) is 0 Å². The first-order valence-corrected chi connectivity index (χ1v) is 18.3. The summed E-state index contributed by atoms with van der Waals surface area (Å²) in [6.07, 6.45) is 3.80. The molecule has 0 atom stereocenters. The monoisotopic (exact) mass is 976 g/mol. The number of amides is 3. The Balaban J connectivity index is 0.0000120. The third-order valence-electron chi connectivity index (χ3n) is 8.32. The van der Waals surface area contributed by atoms with Crippen molar-refractivity contribution in [1.29, 1.82) is 0 Å². The van der Waals surface area contributed by atoms with Crippen molar-refractivity contribution in [3.63, 3.8) is 0 Å². The van der Waals surface area contributed by atoms with Crippen molar-refractivity contribution in [1.82, 2.24) is 34.6 Å². The number of hydrogen-bond acceptors (Lipinski definition) is 16. The van der Waals surface area contributed by atoms with Crippen LogP contribution in [0, 0.1) is 39.9 Å². The van der Waals surface area contributed by atoms with Crippen molar-refractivity contribution in [2.75, 3.05) is 98.7 Å². The Morgan fingerprint density at radius 1 is 0.525 bits per heavy atom. The molecule has 0 radical (unpaired) electrons. The van der Waals surface area contributed by atoms with Crippen LogP contribution in [0.2, 0.25) is 0 Å². The molecule has 0 saturated heterocycles. The molecule has 3 rings (SSSR count). The number of ether oxygens (including phenoxy) is 3. The van der Waals surface area contributed by atoms with Crippen molar-refractivity contribution in [3.8, 4) is 17.2 Å². The second-order valence-electron chi connectivity index (χ2n) is 12.3. The standard InChI is InChI=1S/C36H51N7O15.Gd/c44-16-22-56-19-13-41-7-1-25(47)31(50)28(41)34(53)37-4-10-40(11-5-38-35(54)29-32(51)26(48)2-8-42(29)14-20-57-23-17-45)12-6-39-36(55)30-33(52)27(49)3-9-43(30)15-21-58-24-18-46;/h1-3,7-9,44-46,50-52H,4-6,10-24H2,(H,37,53)(H,38,54)(H,39,55);/p-3. The van der Waals surface area contributed by atoms with Gasteiger partial charge in [-0.25, -0.2) is 0 Å². The molecule has 3 aromatic heterocycles. The molecule has 0 bridgehead atoms. The number of hydrogen-bond donors (Lipinski definition) is 6. The van der Waals surface area contributed by atoms with Gasteiger partial charge in [0, 0.05) is 136 Å². The largest absolute Gasteiger partial charge is 0.868 e. The molecule has 0 aliphatic rings. The summed E-state index contributed by atoms with van der Waals surface area (Å²) < 4.78 is 19.4. The Hall–Kier alpha value is -4.30. The molecule has 3 aromatic rings. The smallest absolute Gasteiger partial charge is 0.267 e. The van der Waals surface area contributed by atoms with E-state index in [2.05, 4.69) is 16.0 Å². The molecule has 3 amide bonds. The number of rotatable bonds is 27. The van der Waals surface area contributed by atoms with Gasteiger partial charge in [0.2, 0.25) is 0 Å². The molecule has 23 heteroatoms. The molecule has 0 spiro atoms. The van der Waals surface area contributed by atoms with Crippen molar-refractivity contribution in [3.05, 3.63) is 84.5 Å². The molecule has 0 unspecified atom stereocenters. The normalized spacial score (nSPS) is 11.0. The van der Waals surface area contributed by atoms with Crippen molar-refractivity contribution >= 4 is 17.7 Å². The first kappa shape index (κ1) is 50.8. The van der Waals surface area contributed by atoms with E-state index in [1.54, 1.807) is 4.90 Å². The Morgan fingerprint density at radius 2 is 0.797 bits per heavy atom. The topological polar surface area (TPSA) is 314 Å². The van der Waals surface area contributed by atoms with E-state index in [9.17, 15) is 44.1 Å². The first-order chi connectivity index (χ1) is 27.9. The Kier molecular flexibility index (Phi) is 23.7. The summed E-state index contributed by atoms with van der Waals surface area (Å²) in [4.78, 5) is 77.6. The second-order valence-corrected chi connectivity index (χ2v) is 12.3. The minimum absolute atomic E-state index is 0. The van der Waals surface area contributed by atoms with Crippen LogP contribution in [0.25, 0.3) is 0 Å². The minimum atomic E-state index is -1.04. The van der Waals surface area contributed by atoms with Gasteiger partial charge in [-0.05, 0) is 17.2 Å². The number of aliphatic hydroxyl groups excluding tert-OH is 3. The van der Waals surface area contributed by atoms with Gasteiger partial charge in [-0.15, -0.1) is 0 Å². The Labute approximate surface area is 369 Å². The maximum absolute atomic E-state index is 13.2. The third kappa shape index (κ3) is 16.0. The van der Waals surface area contributed by atoms with Crippen LogP contribution >= 0.6 is 0 Å². The Morgan fingerprint density at radius 3 is 1.05 bits per heavy atom. The minimum Gasteiger partial charge on any atom is -0.868 e. The fourth-order valence-electron chi connectivity index (χ4n) is 5.48. The predicted octanol–water partition coefficient (Wildman–Crippen LogP) is -5.69. The van der Waals surface area contributed by atoms with E-state index in [1.165, 1.54) is 32.3 Å². The van der Waals surface area contributed by atoms with Crippen LogP contribution < -0.4 is 47.6 Å². The average molecular weight is 976 g/mol. The summed E-state index contributed by atoms with van der Waals surface area (Å²) in [6.45, 7) is -0.702. The van der Waals surface area contributed by atoms with Crippen LogP contribution in [0.5, 0.6) is 17.2 Å². The van der Waals surface area contributed by atoms with Crippen molar-refractivity contribution in [2.45, 2.75) is 19.6 Å². The van der Waals surface area contributed by atoms with Crippen molar-refractivity contribution < 1.29 is 99.2 Å². The summed E-state index contributed by atoms with van der Waals surface area (Å²) >= 11 is 0. The van der Waals surface area contributed by atoms with E-state index in [1.807, 2.05) is 0 Å². The zero-order valence-electron chi connectivity index (χ0n) is 32.1. The van der Waals surface area contributed by atoms with Crippen LogP contribution in [0.1, 0.15) is 31.5 Å². The zero-order valence-corrected chi connectivity index (χ0v) is 34.3. The molecule has 3 heterocycles. The van der Waals surface area contributed by atoms with Gasteiger partial charge in [0.25, 0.3) is 17.7 Å². The summed E-state index contributed by atoms with van der Waals surface area (Å²) in [5.74, 6) is -5.73. The number of carbonyl (C=O) groups is 3. The maximum Gasteiger partial charge on any atom is 0.267 e. The van der Waals surface area contributed by atoms with Gasteiger partial charge in [-0.3, -0.25) is 33.7 Å². The number of aromatic nitrogens is 3. The van der Waals surface area contributed by atoms with E-state index in [0.717, 1.165) is 18.2 Å². The van der Waals surface area contributed by atoms with Gasteiger partial charge < -0.3 is 74.5 Å². The van der Waals surface area contributed by atoms with Crippen LogP contribution in [-0.2, 0) is 33.8 Å². The summed E-state index contributed by atoms with van der Waals surface area (Å²) in [6, 6.07) is 3.04. The van der Waals surface area contributed by atoms with E-state index in [-0.39, 0.29) is 158 Å². The van der Waals surface area contributed by atoms with E-state index in [0.29, 0.717) is 0 Å². The second kappa shape index (κ2) is 27.5. The molecule has 0 fully saturated rings. The van der Waals surface area contributed by atoms with E-state index >= 15 is 0 Å². The van der Waals surface area contributed by atoms with Gasteiger partial charge in [0.15, 0.2) is 16.3 Å². The zero-order chi connectivity index (χ0) is 42.5. The number of aliphatic hydroxyl groups is 3. The summed E-state index contributed by atoms with van der Waals surface area (Å²) in [5, 5.41) is 72.6. The molecule has 328 valence electrons. The summed E-state index contributed by atoms with van der Waals surface area (Å²) in [7, 11) is 0. The van der Waals surface area contributed by atoms with Gasteiger partial charge >= 0.3 is 0 Å².